The van der Waals surface area contributed by atoms with Gasteiger partial charge in [-0.25, -0.2) is 4.98 Å². The molecule has 0 saturated carbocycles. The maximum Gasteiger partial charge on any atom is 0.254 e. The summed E-state index contributed by atoms with van der Waals surface area (Å²) in [6.45, 7) is 3.25. The van der Waals surface area contributed by atoms with Gasteiger partial charge in [0.15, 0.2) is 10.9 Å². The first-order chi connectivity index (χ1) is 7.47. The Morgan fingerprint density at radius 1 is 1.50 bits per heavy atom. The van der Waals surface area contributed by atoms with Gasteiger partial charge < -0.3 is 4.74 Å². The van der Waals surface area contributed by atoms with E-state index in [9.17, 15) is 9.59 Å². The molecule has 0 spiro atoms. The fourth-order valence-corrected chi connectivity index (χ4v) is 2.12. The summed E-state index contributed by atoms with van der Waals surface area (Å²) in [5.41, 5.74) is 0.657. The Hall–Kier alpha value is -1.27. The number of carbonyl (C=O) groups is 2. The average Bonchev–Trinajstić information content (AvgIpc) is 2.59. The summed E-state index contributed by atoms with van der Waals surface area (Å²) >= 11 is 1.22. The molecule has 0 saturated heterocycles. The minimum absolute atomic E-state index is 0.00450. The number of carbonyl (C=O) groups excluding carboxylic acids is 2. The fraction of sp³-hybridized carbons (Fsp3) is 0.500. The number of thiazole rings is 1. The maximum absolute atomic E-state index is 11.5. The van der Waals surface area contributed by atoms with Gasteiger partial charge in [0.05, 0.1) is 10.6 Å². The van der Waals surface area contributed by atoms with Crippen molar-refractivity contribution in [2.24, 2.45) is 0 Å². The molecule has 1 heterocycles. The Kier molecular flexibility index (Phi) is 4.14. The summed E-state index contributed by atoms with van der Waals surface area (Å²) in [6.07, 6.45) is 0. The van der Waals surface area contributed by atoms with Crippen LogP contribution in [0.2, 0.25) is 0 Å². The Balaban J connectivity index is 2.92. The molecule has 0 bridgehead atoms. The highest BCUT2D eigenvalue weighted by molar-refractivity contribution is 7.17. The lowest BCUT2D eigenvalue weighted by Gasteiger charge is -2.12. The van der Waals surface area contributed by atoms with Crippen LogP contribution < -0.4 is 4.90 Å². The third-order valence-electron chi connectivity index (χ3n) is 2.03. The second-order valence-electron chi connectivity index (χ2n) is 3.35. The van der Waals surface area contributed by atoms with Crippen LogP contribution in [0, 0.1) is 6.92 Å². The van der Waals surface area contributed by atoms with E-state index in [4.69, 9.17) is 4.74 Å². The van der Waals surface area contributed by atoms with E-state index >= 15 is 0 Å². The van der Waals surface area contributed by atoms with Crippen LogP contribution in [-0.4, -0.2) is 37.4 Å². The number of anilines is 1. The van der Waals surface area contributed by atoms with Crippen LogP contribution in [0.1, 0.15) is 22.3 Å². The van der Waals surface area contributed by atoms with Crippen molar-refractivity contribution in [1.29, 1.82) is 0 Å². The van der Waals surface area contributed by atoms with E-state index < -0.39 is 0 Å². The standard InChI is InChI=1S/C10H14N2O3S/c1-6-9(7(2)13)16-10(11-6)12(3)8(14)5-15-4/h5H2,1-4H3. The smallest absolute Gasteiger partial charge is 0.254 e. The molecule has 0 aromatic carbocycles. The monoisotopic (exact) mass is 242 g/mol. The minimum atomic E-state index is -0.189. The largest absolute Gasteiger partial charge is 0.375 e. The molecule has 6 heteroatoms. The van der Waals surface area contributed by atoms with Crippen LogP contribution in [0.3, 0.4) is 0 Å². The van der Waals surface area contributed by atoms with Crippen LogP contribution in [0.15, 0.2) is 0 Å². The minimum Gasteiger partial charge on any atom is -0.375 e. The van der Waals surface area contributed by atoms with Crippen molar-refractivity contribution < 1.29 is 14.3 Å². The van der Waals surface area contributed by atoms with Crippen LogP contribution >= 0.6 is 11.3 Å². The fourth-order valence-electron chi connectivity index (χ4n) is 1.18. The quantitative estimate of drug-likeness (QED) is 0.746. The summed E-state index contributed by atoms with van der Waals surface area (Å²) in [6, 6.07) is 0. The van der Waals surface area contributed by atoms with Gasteiger partial charge in [-0.15, -0.1) is 0 Å². The van der Waals surface area contributed by atoms with E-state index in [0.29, 0.717) is 15.7 Å². The molecule has 1 rings (SSSR count). The van der Waals surface area contributed by atoms with E-state index in [1.54, 1.807) is 14.0 Å². The predicted octanol–water partition coefficient (Wildman–Crippen LogP) is 1.26. The van der Waals surface area contributed by atoms with Gasteiger partial charge in [-0.05, 0) is 6.92 Å². The lowest BCUT2D eigenvalue weighted by Crippen LogP contribution is -2.29. The number of hydrogen-bond acceptors (Lipinski definition) is 5. The van der Waals surface area contributed by atoms with Gasteiger partial charge in [0.2, 0.25) is 0 Å². The van der Waals surface area contributed by atoms with E-state index in [2.05, 4.69) is 4.98 Å². The molecule has 0 N–H and O–H groups in total. The Labute approximate surface area is 98.0 Å². The first-order valence-corrected chi connectivity index (χ1v) is 5.53. The second kappa shape index (κ2) is 5.18. The molecule has 0 aliphatic heterocycles. The third kappa shape index (κ3) is 2.65. The third-order valence-corrected chi connectivity index (χ3v) is 3.37. The first-order valence-electron chi connectivity index (χ1n) is 4.71. The molecule has 0 fully saturated rings. The number of rotatable bonds is 4. The molecule has 1 amide bonds. The maximum atomic E-state index is 11.5. The van der Waals surface area contributed by atoms with Gasteiger partial charge >= 0.3 is 0 Å². The topological polar surface area (TPSA) is 59.5 Å². The number of aryl methyl sites for hydroxylation is 1. The normalized spacial score (nSPS) is 10.2. The van der Waals surface area contributed by atoms with Gasteiger partial charge in [-0.1, -0.05) is 11.3 Å². The number of likely N-dealkylation sites (N-methyl/N-ethyl adjacent to an activating group) is 1. The second-order valence-corrected chi connectivity index (χ2v) is 4.33. The highest BCUT2D eigenvalue weighted by Crippen LogP contribution is 2.25. The number of amides is 1. The highest BCUT2D eigenvalue weighted by Gasteiger charge is 2.18. The number of hydrogen-bond donors (Lipinski definition) is 0. The van der Waals surface area contributed by atoms with Crippen molar-refractivity contribution in [3.63, 3.8) is 0 Å². The molecule has 0 aliphatic rings. The van der Waals surface area contributed by atoms with Crippen LogP contribution in [-0.2, 0) is 9.53 Å². The Morgan fingerprint density at radius 3 is 2.56 bits per heavy atom. The molecular weight excluding hydrogens is 228 g/mol. The van der Waals surface area contributed by atoms with Crippen molar-refractivity contribution in [3.8, 4) is 0 Å². The van der Waals surface area contributed by atoms with Gasteiger partial charge in [0.25, 0.3) is 5.91 Å². The van der Waals surface area contributed by atoms with Gasteiger partial charge in [0.1, 0.15) is 6.61 Å². The molecule has 0 aliphatic carbocycles. The number of nitrogens with zero attached hydrogens (tertiary/aromatic N) is 2. The molecule has 0 unspecified atom stereocenters. The van der Waals surface area contributed by atoms with Crippen LogP contribution in [0.4, 0.5) is 5.13 Å². The van der Waals surface area contributed by atoms with E-state index in [1.807, 2.05) is 0 Å². The van der Waals surface area contributed by atoms with E-state index in [1.165, 1.54) is 30.3 Å². The number of ketones is 1. The number of ether oxygens (including phenoxy) is 1. The summed E-state index contributed by atoms with van der Waals surface area (Å²) in [7, 11) is 3.07. The molecule has 1 aromatic heterocycles. The number of methoxy groups -OCH3 is 1. The van der Waals surface area contributed by atoms with Crippen molar-refractivity contribution >= 4 is 28.2 Å². The van der Waals surface area contributed by atoms with Crippen molar-refractivity contribution in [2.45, 2.75) is 13.8 Å². The molecule has 0 radical (unpaired) electrons. The highest BCUT2D eigenvalue weighted by atomic mass is 32.1. The lowest BCUT2D eigenvalue weighted by molar-refractivity contribution is -0.121. The van der Waals surface area contributed by atoms with Crippen molar-refractivity contribution in [2.75, 3.05) is 25.7 Å². The van der Waals surface area contributed by atoms with E-state index in [-0.39, 0.29) is 18.3 Å². The average molecular weight is 242 g/mol. The van der Waals surface area contributed by atoms with Crippen molar-refractivity contribution in [1.82, 2.24) is 4.98 Å². The molecule has 88 valence electrons. The summed E-state index contributed by atoms with van der Waals surface area (Å²) in [5.74, 6) is -0.222. The molecule has 16 heavy (non-hydrogen) atoms. The Bertz CT molecular complexity index is 414. The Morgan fingerprint density at radius 2 is 2.12 bits per heavy atom. The summed E-state index contributed by atoms with van der Waals surface area (Å²) < 4.78 is 4.75. The van der Waals surface area contributed by atoms with Crippen molar-refractivity contribution in [3.05, 3.63) is 10.6 Å². The zero-order valence-electron chi connectivity index (χ0n) is 9.73. The van der Waals surface area contributed by atoms with Gasteiger partial charge in [-0.3, -0.25) is 14.5 Å². The van der Waals surface area contributed by atoms with E-state index in [0.717, 1.165) is 0 Å². The lowest BCUT2D eigenvalue weighted by atomic mass is 10.3. The predicted molar refractivity (Wildman–Crippen MR) is 62.1 cm³/mol. The van der Waals surface area contributed by atoms with Gasteiger partial charge in [-0.2, -0.15) is 0 Å². The van der Waals surface area contributed by atoms with Gasteiger partial charge in [0, 0.05) is 21.1 Å². The SMILES string of the molecule is COCC(=O)N(C)c1nc(C)c(C(C)=O)s1. The number of aromatic nitrogens is 1. The zero-order chi connectivity index (χ0) is 12.3. The summed E-state index contributed by atoms with van der Waals surface area (Å²) in [5, 5.41) is 0.518. The van der Waals surface area contributed by atoms with Crippen LogP contribution in [0.25, 0.3) is 0 Å². The molecule has 5 nitrogen and oxygen atoms in total. The molecular formula is C10H14N2O3S. The summed E-state index contributed by atoms with van der Waals surface area (Å²) in [4.78, 5) is 28.9. The first kappa shape index (κ1) is 12.8. The van der Waals surface area contributed by atoms with Crippen LogP contribution in [0.5, 0.6) is 0 Å². The number of Topliss-reactive ketones (excluding diaryl/α,β-unsaturated/α-hetero) is 1. The molecule has 0 atom stereocenters. The zero-order valence-corrected chi connectivity index (χ0v) is 10.6. The molecule has 1 aromatic rings.